The van der Waals surface area contributed by atoms with E-state index in [-0.39, 0.29) is 5.91 Å². The fourth-order valence-corrected chi connectivity index (χ4v) is 4.13. The molecule has 3 rings (SSSR count). The van der Waals surface area contributed by atoms with Crippen molar-refractivity contribution in [1.82, 2.24) is 4.98 Å². The van der Waals surface area contributed by atoms with Gasteiger partial charge in [-0.15, -0.1) is 11.8 Å². The third-order valence-corrected chi connectivity index (χ3v) is 5.83. The van der Waals surface area contributed by atoms with Crippen LogP contribution in [0.4, 0.5) is 5.13 Å². The van der Waals surface area contributed by atoms with E-state index in [0.717, 1.165) is 27.1 Å². The average molecular weight is 377 g/mol. The normalized spacial score (nSPS) is 11.0. The highest BCUT2D eigenvalue weighted by Crippen LogP contribution is 2.31. The zero-order valence-electron chi connectivity index (χ0n) is 13.4. The number of benzene rings is 2. The van der Waals surface area contributed by atoms with E-state index in [1.54, 1.807) is 11.8 Å². The second kappa shape index (κ2) is 7.55. The van der Waals surface area contributed by atoms with Crippen LogP contribution < -0.4 is 5.32 Å². The molecule has 1 amide bonds. The summed E-state index contributed by atoms with van der Waals surface area (Å²) < 4.78 is 1.02. The summed E-state index contributed by atoms with van der Waals surface area (Å²) in [5, 5.41) is 4.19. The quantitative estimate of drug-likeness (QED) is 0.593. The van der Waals surface area contributed by atoms with Gasteiger partial charge in [-0.2, -0.15) is 0 Å². The number of halogens is 1. The first-order valence-electron chi connectivity index (χ1n) is 7.64. The molecule has 0 bridgehead atoms. The predicted molar refractivity (Wildman–Crippen MR) is 105 cm³/mol. The maximum absolute atomic E-state index is 12.2. The summed E-state index contributed by atoms with van der Waals surface area (Å²) >= 11 is 9.37. The number of nitrogens with zero attached hydrogens (tertiary/aromatic N) is 1. The van der Waals surface area contributed by atoms with Crippen molar-refractivity contribution < 1.29 is 4.79 Å². The molecule has 0 atom stereocenters. The van der Waals surface area contributed by atoms with Crippen molar-refractivity contribution in [2.75, 3.05) is 11.1 Å². The molecule has 24 heavy (non-hydrogen) atoms. The lowest BCUT2D eigenvalue weighted by molar-refractivity contribution is -0.115. The molecule has 0 saturated carbocycles. The Labute approximate surface area is 154 Å². The molecule has 6 heteroatoms. The molecule has 0 unspecified atom stereocenters. The Hall–Kier alpha value is -1.56. The van der Waals surface area contributed by atoms with Crippen molar-refractivity contribution >= 4 is 56.0 Å². The molecule has 3 nitrogen and oxygen atoms in total. The Kier molecular flexibility index (Phi) is 5.43. The van der Waals surface area contributed by atoms with Crippen molar-refractivity contribution in [1.29, 1.82) is 0 Å². The van der Waals surface area contributed by atoms with Gasteiger partial charge >= 0.3 is 0 Å². The van der Waals surface area contributed by atoms with Gasteiger partial charge in [-0.05, 0) is 48.1 Å². The van der Waals surface area contributed by atoms with E-state index in [0.29, 0.717) is 16.6 Å². The highest BCUT2D eigenvalue weighted by Gasteiger charge is 2.11. The second-order valence-electron chi connectivity index (χ2n) is 5.34. The van der Waals surface area contributed by atoms with Gasteiger partial charge in [0.25, 0.3) is 0 Å². The SMILES string of the molecule is CCSc1ccc(CC(=O)Nc2nc3c(C)c(Cl)ccc3s2)cc1. The molecule has 1 N–H and O–H groups in total. The number of aryl methyl sites for hydroxylation is 1. The van der Waals surface area contributed by atoms with Crippen LogP contribution in [-0.2, 0) is 11.2 Å². The number of carbonyl (C=O) groups excluding carboxylic acids is 1. The van der Waals surface area contributed by atoms with Gasteiger partial charge in [0.2, 0.25) is 5.91 Å². The number of hydrogen-bond acceptors (Lipinski definition) is 4. The first-order valence-corrected chi connectivity index (χ1v) is 9.82. The molecule has 0 aliphatic rings. The Morgan fingerprint density at radius 2 is 2.00 bits per heavy atom. The number of aromatic nitrogens is 1. The summed E-state index contributed by atoms with van der Waals surface area (Å²) in [5.74, 6) is 0.981. The number of amides is 1. The summed E-state index contributed by atoms with van der Waals surface area (Å²) in [5.41, 5.74) is 2.78. The monoisotopic (exact) mass is 376 g/mol. The van der Waals surface area contributed by atoms with E-state index in [1.807, 2.05) is 31.2 Å². The molecule has 0 fully saturated rings. The number of fused-ring (bicyclic) bond motifs is 1. The highest BCUT2D eigenvalue weighted by molar-refractivity contribution is 7.99. The summed E-state index contributed by atoms with van der Waals surface area (Å²) in [7, 11) is 0. The maximum Gasteiger partial charge on any atom is 0.230 e. The lowest BCUT2D eigenvalue weighted by Gasteiger charge is -2.03. The van der Waals surface area contributed by atoms with Crippen LogP contribution in [0.2, 0.25) is 5.02 Å². The topological polar surface area (TPSA) is 42.0 Å². The third kappa shape index (κ3) is 3.91. The smallest absolute Gasteiger partial charge is 0.230 e. The van der Waals surface area contributed by atoms with Crippen LogP contribution in [-0.4, -0.2) is 16.6 Å². The van der Waals surface area contributed by atoms with Crippen molar-refractivity contribution in [3.8, 4) is 0 Å². The van der Waals surface area contributed by atoms with Gasteiger partial charge in [0.1, 0.15) is 0 Å². The third-order valence-electron chi connectivity index (χ3n) is 3.59. The number of thiazole rings is 1. The van der Waals surface area contributed by atoms with Crippen LogP contribution in [0.15, 0.2) is 41.3 Å². The van der Waals surface area contributed by atoms with Crippen LogP contribution in [0.3, 0.4) is 0 Å². The van der Waals surface area contributed by atoms with Gasteiger partial charge in [-0.1, -0.05) is 42.0 Å². The van der Waals surface area contributed by atoms with Crippen LogP contribution in [0.25, 0.3) is 10.2 Å². The number of anilines is 1. The Morgan fingerprint density at radius 1 is 1.25 bits per heavy atom. The maximum atomic E-state index is 12.2. The lowest BCUT2D eigenvalue weighted by Crippen LogP contribution is -2.14. The van der Waals surface area contributed by atoms with E-state index in [1.165, 1.54) is 16.2 Å². The fourth-order valence-electron chi connectivity index (χ4n) is 2.37. The van der Waals surface area contributed by atoms with Crippen molar-refractivity contribution in [3.05, 3.63) is 52.5 Å². The average Bonchev–Trinajstić information content (AvgIpc) is 2.96. The predicted octanol–water partition coefficient (Wildman–Crippen LogP) is 5.55. The molecule has 0 aliphatic carbocycles. The summed E-state index contributed by atoms with van der Waals surface area (Å²) in [4.78, 5) is 18.0. The minimum absolute atomic E-state index is 0.0614. The number of hydrogen-bond donors (Lipinski definition) is 1. The molecule has 2 aromatic carbocycles. The Morgan fingerprint density at radius 3 is 2.71 bits per heavy atom. The number of carbonyl (C=O) groups is 1. The van der Waals surface area contributed by atoms with Gasteiger partial charge in [0.05, 0.1) is 16.6 Å². The van der Waals surface area contributed by atoms with E-state index in [2.05, 4.69) is 29.4 Å². The zero-order chi connectivity index (χ0) is 17.1. The van der Waals surface area contributed by atoms with Crippen molar-refractivity contribution in [2.45, 2.75) is 25.2 Å². The van der Waals surface area contributed by atoms with Gasteiger partial charge in [-0.25, -0.2) is 4.98 Å². The van der Waals surface area contributed by atoms with Crippen LogP contribution >= 0.6 is 34.7 Å². The van der Waals surface area contributed by atoms with Crippen molar-refractivity contribution in [2.24, 2.45) is 0 Å². The minimum Gasteiger partial charge on any atom is -0.302 e. The molecule has 124 valence electrons. The Balaban J connectivity index is 1.69. The van der Waals surface area contributed by atoms with Crippen LogP contribution in [0, 0.1) is 6.92 Å². The minimum atomic E-state index is -0.0614. The largest absolute Gasteiger partial charge is 0.302 e. The molecule has 0 aliphatic heterocycles. The zero-order valence-corrected chi connectivity index (χ0v) is 15.8. The standard InChI is InChI=1S/C18H17ClN2OS2/c1-3-23-13-6-4-12(5-7-13)10-16(22)20-18-21-17-11(2)14(19)8-9-15(17)24-18/h4-9H,3,10H2,1-2H3,(H,20,21,22). The van der Waals surface area contributed by atoms with Gasteiger partial charge in [0.15, 0.2) is 5.13 Å². The molecule has 3 aromatic rings. The molecular formula is C18H17ClN2OS2. The lowest BCUT2D eigenvalue weighted by atomic mass is 10.1. The van der Waals surface area contributed by atoms with E-state index in [9.17, 15) is 4.79 Å². The Bertz CT molecular complexity index is 875. The molecule has 0 radical (unpaired) electrons. The molecule has 0 spiro atoms. The van der Waals surface area contributed by atoms with Gasteiger partial charge < -0.3 is 5.32 Å². The number of nitrogens with one attached hydrogen (secondary N) is 1. The molecular weight excluding hydrogens is 360 g/mol. The van der Waals surface area contributed by atoms with Gasteiger partial charge in [0, 0.05) is 9.92 Å². The first kappa shape index (κ1) is 17.3. The number of thioether (sulfide) groups is 1. The molecule has 1 aromatic heterocycles. The summed E-state index contributed by atoms with van der Waals surface area (Å²) in [6.45, 7) is 4.06. The van der Waals surface area contributed by atoms with Crippen molar-refractivity contribution in [3.63, 3.8) is 0 Å². The summed E-state index contributed by atoms with van der Waals surface area (Å²) in [6.07, 6.45) is 0.340. The van der Waals surface area contributed by atoms with E-state index >= 15 is 0 Å². The molecule has 1 heterocycles. The highest BCUT2D eigenvalue weighted by atomic mass is 35.5. The van der Waals surface area contributed by atoms with Crippen LogP contribution in [0.5, 0.6) is 0 Å². The van der Waals surface area contributed by atoms with Gasteiger partial charge in [-0.3, -0.25) is 4.79 Å². The molecule has 0 saturated heterocycles. The summed E-state index contributed by atoms with van der Waals surface area (Å²) in [6, 6.07) is 11.9. The first-order chi connectivity index (χ1) is 11.6. The van der Waals surface area contributed by atoms with E-state index in [4.69, 9.17) is 11.6 Å². The fraction of sp³-hybridized carbons (Fsp3) is 0.222. The van der Waals surface area contributed by atoms with Crippen LogP contribution in [0.1, 0.15) is 18.1 Å². The second-order valence-corrected chi connectivity index (χ2v) is 8.12. The number of rotatable bonds is 5. The van der Waals surface area contributed by atoms with E-state index < -0.39 is 0 Å².